The van der Waals surface area contributed by atoms with Gasteiger partial charge in [-0.3, -0.25) is 9.59 Å². The van der Waals surface area contributed by atoms with Crippen LogP contribution >= 0.6 is 0 Å². The maximum atomic E-state index is 12.5. The van der Waals surface area contributed by atoms with Gasteiger partial charge in [0.1, 0.15) is 0 Å². The Kier molecular flexibility index (Phi) is 6.68. The number of ketones is 1. The Morgan fingerprint density at radius 3 is 2.55 bits per heavy atom. The van der Waals surface area contributed by atoms with Crippen LogP contribution in [0.1, 0.15) is 55.5 Å². The number of carboxylic acid groups (broad SMARTS) is 1. The Morgan fingerprint density at radius 1 is 1.16 bits per heavy atom. The molecule has 0 saturated carbocycles. The monoisotopic (exact) mass is 419 g/mol. The maximum absolute atomic E-state index is 12.5. The molecule has 2 heterocycles. The molecule has 0 spiro atoms. The van der Waals surface area contributed by atoms with Crippen molar-refractivity contribution in [3.05, 3.63) is 59.1 Å². The molecule has 6 heteroatoms. The van der Waals surface area contributed by atoms with E-state index in [0.29, 0.717) is 12.0 Å². The van der Waals surface area contributed by atoms with E-state index in [9.17, 15) is 9.59 Å². The van der Waals surface area contributed by atoms with Crippen LogP contribution in [0.4, 0.5) is 0 Å². The smallest absolute Gasteiger partial charge is 0.303 e. The second-order valence-electron chi connectivity index (χ2n) is 8.18. The minimum atomic E-state index is -0.810. The summed E-state index contributed by atoms with van der Waals surface area (Å²) in [4.78, 5) is 28.2. The van der Waals surface area contributed by atoms with Crippen molar-refractivity contribution in [2.24, 2.45) is 5.92 Å². The SMILES string of the molecule is CCC(C/C=C(/C(C)=O)c1cc(-c2cnc3cc(C)nn3c2)cc(C)c1C)CC(=O)O. The fourth-order valence-corrected chi connectivity index (χ4v) is 3.82. The van der Waals surface area contributed by atoms with Gasteiger partial charge in [-0.05, 0) is 68.4 Å². The summed E-state index contributed by atoms with van der Waals surface area (Å²) in [6, 6.07) is 6.04. The first-order chi connectivity index (χ1) is 14.7. The molecular weight excluding hydrogens is 390 g/mol. The quantitative estimate of drug-likeness (QED) is 0.508. The van der Waals surface area contributed by atoms with Gasteiger partial charge in [-0.25, -0.2) is 9.50 Å². The zero-order valence-electron chi connectivity index (χ0n) is 18.8. The highest BCUT2D eigenvalue weighted by atomic mass is 16.4. The lowest BCUT2D eigenvalue weighted by atomic mass is 9.89. The molecule has 1 unspecified atom stereocenters. The van der Waals surface area contributed by atoms with Gasteiger partial charge in [0, 0.05) is 36.0 Å². The summed E-state index contributed by atoms with van der Waals surface area (Å²) in [5.74, 6) is -0.831. The number of benzene rings is 1. The van der Waals surface area contributed by atoms with Crippen LogP contribution in [0, 0.1) is 26.7 Å². The van der Waals surface area contributed by atoms with Crippen LogP contribution in [0.3, 0.4) is 0 Å². The van der Waals surface area contributed by atoms with Crippen LogP contribution in [0.2, 0.25) is 0 Å². The Labute approximate surface area is 182 Å². The molecular formula is C25H29N3O3. The Morgan fingerprint density at radius 2 is 1.90 bits per heavy atom. The minimum Gasteiger partial charge on any atom is -0.481 e. The molecule has 3 rings (SSSR count). The molecule has 1 N–H and O–H groups in total. The average Bonchev–Trinajstić information content (AvgIpc) is 3.08. The van der Waals surface area contributed by atoms with Crippen LogP contribution in [-0.4, -0.2) is 31.5 Å². The molecule has 6 nitrogen and oxygen atoms in total. The fraction of sp³-hybridized carbons (Fsp3) is 0.360. The highest BCUT2D eigenvalue weighted by Gasteiger charge is 2.16. The number of rotatable bonds is 8. The number of fused-ring (bicyclic) bond motifs is 1. The van der Waals surface area contributed by atoms with Crippen LogP contribution in [-0.2, 0) is 9.59 Å². The van der Waals surface area contributed by atoms with E-state index in [2.05, 4.69) is 16.1 Å². The number of nitrogens with zero attached hydrogens (tertiary/aromatic N) is 3. The van der Waals surface area contributed by atoms with Crippen molar-refractivity contribution in [1.29, 1.82) is 0 Å². The van der Waals surface area contributed by atoms with Crippen LogP contribution < -0.4 is 0 Å². The number of hydrogen-bond acceptors (Lipinski definition) is 4. The molecule has 1 aromatic carbocycles. The number of aryl methyl sites for hydroxylation is 2. The molecule has 0 aliphatic rings. The lowest BCUT2D eigenvalue weighted by molar-refractivity contribution is -0.138. The number of aromatic nitrogens is 3. The van der Waals surface area contributed by atoms with Gasteiger partial charge in [0.25, 0.3) is 0 Å². The third-order valence-electron chi connectivity index (χ3n) is 5.80. The standard InChI is InChI=1S/C25H29N3O3/c1-6-19(11-25(30)31)7-8-22(18(5)29)23-12-20(9-15(2)17(23)4)21-13-26-24-10-16(3)27-28(24)14-21/h8-10,12-14,19H,6-7,11H2,1-5H3,(H,30,31)/b22-8-. The molecule has 3 aromatic rings. The van der Waals surface area contributed by atoms with Crippen molar-refractivity contribution >= 4 is 23.0 Å². The molecule has 1 atom stereocenters. The molecule has 0 bridgehead atoms. The molecule has 0 aliphatic heterocycles. The number of carboxylic acids is 1. The van der Waals surface area contributed by atoms with Gasteiger partial charge in [-0.15, -0.1) is 0 Å². The van der Waals surface area contributed by atoms with Crippen molar-refractivity contribution in [3.63, 3.8) is 0 Å². The highest BCUT2D eigenvalue weighted by molar-refractivity contribution is 6.20. The third kappa shape index (κ3) is 5.08. The molecule has 162 valence electrons. The Balaban J connectivity index is 2.05. The van der Waals surface area contributed by atoms with Gasteiger partial charge in [0.2, 0.25) is 0 Å². The third-order valence-corrected chi connectivity index (χ3v) is 5.80. The van der Waals surface area contributed by atoms with Crippen LogP contribution in [0.15, 0.2) is 36.7 Å². The molecule has 0 amide bonds. The summed E-state index contributed by atoms with van der Waals surface area (Å²) >= 11 is 0. The first-order valence-corrected chi connectivity index (χ1v) is 10.6. The minimum absolute atomic E-state index is 0.00565. The van der Waals surface area contributed by atoms with E-state index in [0.717, 1.165) is 45.6 Å². The summed E-state index contributed by atoms with van der Waals surface area (Å²) in [7, 11) is 0. The summed E-state index contributed by atoms with van der Waals surface area (Å²) < 4.78 is 1.76. The summed E-state index contributed by atoms with van der Waals surface area (Å²) in [6.45, 7) is 9.51. The normalized spacial score (nSPS) is 12.9. The fourth-order valence-electron chi connectivity index (χ4n) is 3.82. The second-order valence-corrected chi connectivity index (χ2v) is 8.18. The van der Waals surface area contributed by atoms with Crippen molar-refractivity contribution in [1.82, 2.24) is 14.6 Å². The molecule has 0 aliphatic carbocycles. The summed E-state index contributed by atoms with van der Waals surface area (Å²) in [5.41, 5.74) is 7.21. The van der Waals surface area contributed by atoms with Gasteiger partial charge >= 0.3 is 5.97 Å². The van der Waals surface area contributed by atoms with Crippen molar-refractivity contribution < 1.29 is 14.7 Å². The van der Waals surface area contributed by atoms with Gasteiger partial charge in [0.15, 0.2) is 11.4 Å². The van der Waals surface area contributed by atoms with Gasteiger partial charge < -0.3 is 5.11 Å². The van der Waals surface area contributed by atoms with E-state index in [1.807, 2.05) is 58.3 Å². The lowest BCUT2D eigenvalue weighted by Gasteiger charge is -2.16. The van der Waals surface area contributed by atoms with Gasteiger partial charge in [0.05, 0.1) is 5.69 Å². The van der Waals surface area contributed by atoms with Crippen molar-refractivity contribution in [2.75, 3.05) is 0 Å². The summed E-state index contributed by atoms with van der Waals surface area (Å²) in [5, 5.41) is 13.6. The largest absolute Gasteiger partial charge is 0.481 e. The number of aliphatic carboxylic acids is 1. The van der Waals surface area contributed by atoms with E-state index >= 15 is 0 Å². The molecule has 0 fully saturated rings. The number of Topliss-reactive ketones (excluding diaryl/α,β-unsaturated/α-hetero) is 1. The van der Waals surface area contributed by atoms with Crippen LogP contribution in [0.5, 0.6) is 0 Å². The second kappa shape index (κ2) is 9.25. The predicted octanol–water partition coefficient (Wildman–Crippen LogP) is 5.18. The number of carbonyl (C=O) groups is 2. The molecule has 31 heavy (non-hydrogen) atoms. The van der Waals surface area contributed by atoms with E-state index in [4.69, 9.17) is 5.11 Å². The maximum Gasteiger partial charge on any atom is 0.303 e. The number of hydrogen-bond donors (Lipinski definition) is 1. The van der Waals surface area contributed by atoms with Crippen molar-refractivity contribution in [3.8, 4) is 11.1 Å². The summed E-state index contributed by atoms with van der Waals surface area (Å²) in [6.07, 6.45) is 7.08. The molecule has 2 aromatic heterocycles. The molecule has 0 saturated heterocycles. The van der Waals surface area contributed by atoms with E-state index in [1.165, 1.54) is 0 Å². The molecule has 0 radical (unpaired) electrons. The lowest BCUT2D eigenvalue weighted by Crippen LogP contribution is -2.07. The number of carbonyl (C=O) groups excluding carboxylic acids is 1. The van der Waals surface area contributed by atoms with Gasteiger partial charge in [-0.2, -0.15) is 5.10 Å². The predicted molar refractivity (Wildman–Crippen MR) is 122 cm³/mol. The first kappa shape index (κ1) is 22.4. The van der Waals surface area contributed by atoms with Crippen molar-refractivity contribution in [2.45, 2.75) is 53.9 Å². The van der Waals surface area contributed by atoms with Gasteiger partial charge in [-0.1, -0.05) is 25.5 Å². The van der Waals surface area contributed by atoms with E-state index in [-0.39, 0.29) is 18.1 Å². The Bertz CT molecular complexity index is 1170. The Hall–Kier alpha value is -3.28. The zero-order chi connectivity index (χ0) is 22.7. The topological polar surface area (TPSA) is 84.6 Å². The average molecular weight is 420 g/mol. The highest BCUT2D eigenvalue weighted by Crippen LogP contribution is 2.31. The van der Waals surface area contributed by atoms with Crippen LogP contribution in [0.25, 0.3) is 22.3 Å². The first-order valence-electron chi connectivity index (χ1n) is 10.6. The van der Waals surface area contributed by atoms with E-state index < -0.39 is 5.97 Å². The zero-order valence-corrected chi connectivity index (χ0v) is 18.8. The van der Waals surface area contributed by atoms with E-state index in [1.54, 1.807) is 11.4 Å². The number of allylic oxidation sites excluding steroid dienone is 2.